The maximum absolute atomic E-state index is 10.9. The van der Waals surface area contributed by atoms with Gasteiger partial charge in [-0.1, -0.05) is 12.5 Å². The summed E-state index contributed by atoms with van der Waals surface area (Å²) in [6.07, 6.45) is 6.01. The quantitative estimate of drug-likeness (QED) is 0.624. The van der Waals surface area contributed by atoms with E-state index in [1.165, 1.54) is 7.05 Å². The van der Waals surface area contributed by atoms with Crippen LogP contribution in [0.3, 0.4) is 0 Å². The Labute approximate surface area is 83.9 Å². The first-order valence-corrected chi connectivity index (χ1v) is 4.97. The average molecular weight is 199 g/mol. The second-order valence-corrected chi connectivity index (χ2v) is 3.43. The van der Waals surface area contributed by atoms with E-state index in [4.69, 9.17) is 4.74 Å². The molecule has 2 atom stereocenters. The summed E-state index contributed by atoms with van der Waals surface area (Å²) in [7, 11) is 1.53. The first-order chi connectivity index (χ1) is 6.72. The molecule has 4 heteroatoms. The maximum atomic E-state index is 10.9. The molecule has 1 aliphatic carbocycles. The second-order valence-electron chi connectivity index (χ2n) is 3.43. The van der Waals surface area contributed by atoms with E-state index in [1.54, 1.807) is 12.2 Å². The highest BCUT2D eigenvalue weighted by atomic mass is 16.6. The third-order valence-corrected chi connectivity index (χ3v) is 2.25. The van der Waals surface area contributed by atoms with Crippen molar-refractivity contribution in [1.82, 2.24) is 5.32 Å². The van der Waals surface area contributed by atoms with E-state index in [-0.39, 0.29) is 6.10 Å². The Morgan fingerprint density at radius 3 is 2.86 bits per heavy atom. The molecule has 2 unspecified atom stereocenters. The standard InChI is InChI=1S/C10H17NO3/c1-11-10(13)14-9-5-3-2-4-8(12)6-7-9/h6-9,12H,2-5H2,1H3,(H,11,13). The van der Waals surface area contributed by atoms with Crippen molar-refractivity contribution >= 4 is 6.09 Å². The van der Waals surface area contributed by atoms with Crippen LogP contribution in [0.25, 0.3) is 0 Å². The minimum absolute atomic E-state index is 0.204. The Balaban J connectivity index is 2.45. The molecule has 0 heterocycles. The van der Waals surface area contributed by atoms with Gasteiger partial charge in [-0.3, -0.25) is 0 Å². The fourth-order valence-corrected chi connectivity index (χ4v) is 1.44. The number of aliphatic hydroxyl groups excluding tert-OH is 1. The minimum Gasteiger partial charge on any atom is -0.442 e. The smallest absolute Gasteiger partial charge is 0.407 e. The number of carbonyl (C=O) groups is 1. The second kappa shape index (κ2) is 5.65. The van der Waals surface area contributed by atoms with Gasteiger partial charge in [-0.15, -0.1) is 0 Å². The lowest BCUT2D eigenvalue weighted by Gasteiger charge is -2.17. The molecule has 0 fully saturated rings. The monoisotopic (exact) mass is 199 g/mol. The number of alkyl carbamates (subject to hydrolysis) is 1. The molecule has 0 aliphatic heterocycles. The topological polar surface area (TPSA) is 58.6 Å². The van der Waals surface area contributed by atoms with Crippen molar-refractivity contribution in [3.05, 3.63) is 12.2 Å². The number of rotatable bonds is 1. The van der Waals surface area contributed by atoms with Gasteiger partial charge in [-0.25, -0.2) is 4.79 Å². The molecule has 0 aromatic carbocycles. The number of aliphatic hydroxyl groups is 1. The third kappa shape index (κ3) is 3.79. The summed E-state index contributed by atoms with van der Waals surface area (Å²) >= 11 is 0. The van der Waals surface area contributed by atoms with Gasteiger partial charge in [0.15, 0.2) is 0 Å². The zero-order valence-electron chi connectivity index (χ0n) is 8.40. The van der Waals surface area contributed by atoms with Crippen LogP contribution in [0, 0.1) is 0 Å². The summed E-state index contributed by atoms with van der Waals surface area (Å²) in [4.78, 5) is 10.9. The first-order valence-electron chi connectivity index (χ1n) is 4.97. The molecular formula is C10H17NO3. The van der Waals surface area contributed by atoms with Crippen LogP contribution >= 0.6 is 0 Å². The van der Waals surface area contributed by atoms with Crippen molar-refractivity contribution in [1.29, 1.82) is 0 Å². The molecule has 0 aromatic heterocycles. The number of amides is 1. The van der Waals surface area contributed by atoms with Crippen molar-refractivity contribution in [3.63, 3.8) is 0 Å². The normalized spacial score (nSPS) is 27.6. The summed E-state index contributed by atoms with van der Waals surface area (Å²) in [6, 6.07) is 0. The van der Waals surface area contributed by atoms with Crippen molar-refractivity contribution in [2.45, 2.75) is 37.9 Å². The lowest BCUT2D eigenvalue weighted by Crippen LogP contribution is -2.25. The Kier molecular flexibility index (Phi) is 4.46. The molecule has 0 radical (unpaired) electrons. The summed E-state index contributed by atoms with van der Waals surface area (Å²) in [5.74, 6) is 0. The number of ether oxygens (including phenoxy) is 1. The van der Waals surface area contributed by atoms with Gasteiger partial charge in [-0.05, 0) is 25.3 Å². The number of carbonyl (C=O) groups excluding carboxylic acids is 1. The van der Waals surface area contributed by atoms with E-state index in [0.717, 1.165) is 25.7 Å². The first kappa shape index (κ1) is 11.0. The summed E-state index contributed by atoms with van der Waals surface area (Å²) in [5.41, 5.74) is 0. The molecule has 80 valence electrons. The fourth-order valence-electron chi connectivity index (χ4n) is 1.44. The largest absolute Gasteiger partial charge is 0.442 e. The van der Waals surface area contributed by atoms with Gasteiger partial charge >= 0.3 is 6.09 Å². The summed E-state index contributed by atoms with van der Waals surface area (Å²) < 4.78 is 5.08. The molecule has 14 heavy (non-hydrogen) atoms. The third-order valence-electron chi connectivity index (χ3n) is 2.25. The summed E-state index contributed by atoms with van der Waals surface area (Å²) in [5, 5.41) is 11.8. The van der Waals surface area contributed by atoms with Gasteiger partial charge < -0.3 is 15.2 Å². The van der Waals surface area contributed by atoms with Crippen LogP contribution in [0.5, 0.6) is 0 Å². The van der Waals surface area contributed by atoms with Gasteiger partial charge in [0, 0.05) is 7.05 Å². The zero-order chi connectivity index (χ0) is 10.4. The van der Waals surface area contributed by atoms with Crippen LogP contribution in [-0.4, -0.2) is 30.5 Å². The number of nitrogens with one attached hydrogen (secondary N) is 1. The molecule has 0 aromatic rings. The van der Waals surface area contributed by atoms with Crippen LogP contribution in [0.2, 0.25) is 0 Å². The van der Waals surface area contributed by atoms with Crippen molar-refractivity contribution in [3.8, 4) is 0 Å². The van der Waals surface area contributed by atoms with Crippen LogP contribution in [0.1, 0.15) is 25.7 Å². The van der Waals surface area contributed by atoms with E-state index in [0.29, 0.717) is 0 Å². The molecule has 0 spiro atoms. The molecular weight excluding hydrogens is 182 g/mol. The maximum Gasteiger partial charge on any atom is 0.407 e. The van der Waals surface area contributed by atoms with E-state index in [2.05, 4.69) is 5.32 Å². The van der Waals surface area contributed by atoms with Crippen LogP contribution in [0.15, 0.2) is 12.2 Å². The lowest BCUT2D eigenvalue weighted by molar-refractivity contribution is 0.111. The van der Waals surface area contributed by atoms with Crippen LogP contribution in [-0.2, 0) is 4.74 Å². The molecule has 0 saturated heterocycles. The van der Waals surface area contributed by atoms with Gasteiger partial charge in [0.1, 0.15) is 6.10 Å². The Hall–Kier alpha value is -1.03. The number of hydrogen-bond donors (Lipinski definition) is 2. The highest BCUT2D eigenvalue weighted by Crippen LogP contribution is 2.14. The predicted octanol–water partition coefficient (Wildman–Crippen LogP) is 1.20. The SMILES string of the molecule is CNC(=O)OC1C=CC(O)CCCC1. The van der Waals surface area contributed by atoms with Crippen molar-refractivity contribution < 1.29 is 14.6 Å². The molecule has 1 aliphatic rings. The minimum atomic E-state index is -0.422. The van der Waals surface area contributed by atoms with Gasteiger partial charge in [0.2, 0.25) is 0 Å². The Morgan fingerprint density at radius 1 is 1.43 bits per heavy atom. The molecule has 0 bridgehead atoms. The van der Waals surface area contributed by atoms with E-state index < -0.39 is 12.2 Å². The molecule has 1 rings (SSSR count). The van der Waals surface area contributed by atoms with Crippen molar-refractivity contribution in [2.24, 2.45) is 0 Å². The Bertz CT molecular complexity index is 215. The van der Waals surface area contributed by atoms with Crippen LogP contribution in [0.4, 0.5) is 4.79 Å². The van der Waals surface area contributed by atoms with Crippen LogP contribution < -0.4 is 5.32 Å². The zero-order valence-corrected chi connectivity index (χ0v) is 8.40. The lowest BCUT2D eigenvalue weighted by atomic mass is 10.0. The Morgan fingerprint density at radius 2 is 2.14 bits per heavy atom. The highest BCUT2D eigenvalue weighted by molar-refractivity contribution is 5.67. The average Bonchev–Trinajstić information content (AvgIpc) is 2.16. The highest BCUT2D eigenvalue weighted by Gasteiger charge is 2.13. The fraction of sp³-hybridized carbons (Fsp3) is 0.700. The molecule has 4 nitrogen and oxygen atoms in total. The predicted molar refractivity (Wildman–Crippen MR) is 52.9 cm³/mol. The molecule has 2 N–H and O–H groups in total. The molecule has 1 amide bonds. The van der Waals surface area contributed by atoms with Gasteiger partial charge in [-0.2, -0.15) is 0 Å². The van der Waals surface area contributed by atoms with Crippen molar-refractivity contribution in [2.75, 3.05) is 7.05 Å². The number of hydrogen-bond acceptors (Lipinski definition) is 3. The molecule has 0 saturated carbocycles. The van der Waals surface area contributed by atoms with E-state index >= 15 is 0 Å². The van der Waals surface area contributed by atoms with E-state index in [1.807, 2.05) is 0 Å². The van der Waals surface area contributed by atoms with Gasteiger partial charge in [0.05, 0.1) is 6.10 Å². The van der Waals surface area contributed by atoms with E-state index in [9.17, 15) is 9.90 Å². The van der Waals surface area contributed by atoms with Gasteiger partial charge in [0.25, 0.3) is 0 Å². The summed E-state index contributed by atoms with van der Waals surface area (Å²) in [6.45, 7) is 0.